The van der Waals surface area contributed by atoms with Crippen molar-refractivity contribution in [1.82, 2.24) is 4.72 Å². The highest BCUT2D eigenvalue weighted by molar-refractivity contribution is 7.89. The van der Waals surface area contributed by atoms with E-state index in [0.29, 0.717) is 35.3 Å². The molecular formula is C20H22ClNO6S. The van der Waals surface area contributed by atoms with E-state index in [1.54, 1.807) is 38.1 Å². The molecule has 1 atom stereocenters. The first-order valence-corrected chi connectivity index (χ1v) is 11.0. The second-order valence-electron chi connectivity index (χ2n) is 6.85. The molecule has 0 spiro atoms. The third-order valence-electron chi connectivity index (χ3n) is 4.35. The Kier molecular flexibility index (Phi) is 6.66. The average molecular weight is 440 g/mol. The normalized spacial score (nSPS) is 14.5. The molecule has 0 bridgehead atoms. The SMILES string of the molecule is CC(C)[C@H](NS(=O)(=O)c1ccc2c(c1)OCCO2)C(=O)OCc1ccccc1Cl. The number of hydrogen-bond donors (Lipinski definition) is 1. The summed E-state index contributed by atoms with van der Waals surface area (Å²) in [6, 6.07) is 10.2. The van der Waals surface area contributed by atoms with Crippen molar-refractivity contribution in [2.45, 2.75) is 31.4 Å². The van der Waals surface area contributed by atoms with Crippen LogP contribution >= 0.6 is 11.6 Å². The van der Waals surface area contributed by atoms with Crippen LogP contribution in [0.4, 0.5) is 0 Å². The lowest BCUT2D eigenvalue weighted by Crippen LogP contribution is -2.45. The van der Waals surface area contributed by atoms with Crippen molar-refractivity contribution in [3.05, 3.63) is 53.1 Å². The third-order valence-corrected chi connectivity index (χ3v) is 6.16. The topological polar surface area (TPSA) is 90.9 Å². The smallest absolute Gasteiger partial charge is 0.324 e. The average Bonchev–Trinajstić information content (AvgIpc) is 2.70. The highest BCUT2D eigenvalue weighted by Crippen LogP contribution is 2.32. The molecule has 1 aliphatic heterocycles. The number of nitrogens with one attached hydrogen (secondary N) is 1. The molecule has 2 aromatic carbocycles. The zero-order chi connectivity index (χ0) is 21.0. The first kappa shape index (κ1) is 21.4. The third kappa shape index (κ3) is 5.20. The molecule has 0 saturated heterocycles. The van der Waals surface area contributed by atoms with Gasteiger partial charge in [0.25, 0.3) is 0 Å². The number of halogens is 1. The molecule has 7 nitrogen and oxygen atoms in total. The highest BCUT2D eigenvalue weighted by atomic mass is 35.5. The summed E-state index contributed by atoms with van der Waals surface area (Å²) in [6.45, 7) is 4.16. The summed E-state index contributed by atoms with van der Waals surface area (Å²) in [7, 11) is -3.99. The van der Waals surface area contributed by atoms with E-state index in [9.17, 15) is 13.2 Å². The van der Waals surface area contributed by atoms with E-state index in [4.69, 9.17) is 25.8 Å². The van der Waals surface area contributed by atoms with E-state index >= 15 is 0 Å². The maximum atomic E-state index is 12.8. The molecule has 9 heteroatoms. The van der Waals surface area contributed by atoms with Crippen molar-refractivity contribution in [3.63, 3.8) is 0 Å². The van der Waals surface area contributed by atoms with Gasteiger partial charge in [-0.15, -0.1) is 0 Å². The fraction of sp³-hybridized carbons (Fsp3) is 0.350. The summed E-state index contributed by atoms with van der Waals surface area (Å²) in [5.74, 6) is -0.182. The van der Waals surface area contributed by atoms with Crippen molar-refractivity contribution in [3.8, 4) is 11.5 Å². The van der Waals surface area contributed by atoms with E-state index in [2.05, 4.69) is 4.72 Å². The van der Waals surface area contributed by atoms with Crippen LogP contribution in [0.3, 0.4) is 0 Å². The fourth-order valence-electron chi connectivity index (χ4n) is 2.74. The van der Waals surface area contributed by atoms with Crippen LogP contribution in [0.15, 0.2) is 47.4 Å². The van der Waals surface area contributed by atoms with Crippen molar-refractivity contribution >= 4 is 27.6 Å². The molecule has 2 aromatic rings. The molecule has 29 heavy (non-hydrogen) atoms. The van der Waals surface area contributed by atoms with Crippen LogP contribution in [-0.2, 0) is 26.2 Å². The lowest BCUT2D eigenvalue weighted by molar-refractivity contribution is -0.148. The van der Waals surface area contributed by atoms with Gasteiger partial charge in [0.2, 0.25) is 10.0 Å². The van der Waals surface area contributed by atoms with Crippen LogP contribution in [0.25, 0.3) is 0 Å². The van der Waals surface area contributed by atoms with Crippen LogP contribution in [0, 0.1) is 5.92 Å². The lowest BCUT2D eigenvalue weighted by Gasteiger charge is -2.22. The molecular weight excluding hydrogens is 418 g/mol. The predicted molar refractivity (Wildman–Crippen MR) is 108 cm³/mol. The number of carbonyl (C=O) groups is 1. The van der Waals surface area contributed by atoms with E-state index in [-0.39, 0.29) is 17.4 Å². The first-order valence-electron chi connectivity index (χ1n) is 9.10. The Bertz CT molecular complexity index is 992. The van der Waals surface area contributed by atoms with Gasteiger partial charge in [-0.25, -0.2) is 8.42 Å². The van der Waals surface area contributed by atoms with Gasteiger partial charge in [-0.2, -0.15) is 4.72 Å². The number of sulfonamides is 1. The van der Waals surface area contributed by atoms with Crippen LogP contribution in [-0.4, -0.2) is 33.6 Å². The number of rotatable bonds is 7. The van der Waals surface area contributed by atoms with E-state index in [0.717, 1.165) is 0 Å². The van der Waals surface area contributed by atoms with Crippen molar-refractivity contribution < 1.29 is 27.4 Å². The van der Waals surface area contributed by atoms with Gasteiger partial charge in [0, 0.05) is 16.7 Å². The number of fused-ring (bicyclic) bond motifs is 1. The van der Waals surface area contributed by atoms with Gasteiger partial charge >= 0.3 is 5.97 Å². The van der Waals surface area contributed by atoms with E-state index in [1.165, 1.54) is 18.2 Å². The second-order valence-corrected chi connectivity index (χ2v) is 8.97. The summed E-state index contributed by atoms with van der Waals surface area (Å²) in [5, 5.41) is 0.471. The molecule has 0 saturated carbocycles. The Morgan fingerprint density at radius 2 is 1.83 bits per heavy atom. The molecule has 0 aromatic heterocycles. The Hall–Kier alpha value is -2.29. The highest BCUT2D eigenvalue weighted by Gasteiger charge is 2.30. The Morgan fingerprint density at radius 1 is 1.14 bits per heavy atom. The minimum Gasteiger partial charge on any atom is -0.486 e. The van der Waals surface area contributed by atoms with Gasteiger partial charge in [-0.3, -0.25) is 4.79 Å². The molecule has 0 amide bonds. The number of benzene rings is 2. The largest absolute Gasteiger partial charge is 0.486 e. The number of ether oxygens (including phenoxy) is 3. The molecule has 1 N–H and O–H groups in total. The summed E-state index contributed by atoms with van der Waals surface area (Å²) < 4.78 is 44.2. The number of hydrogen-bond acceptors (Lipinski definition) is 6. The zero-order valence-electron chi connectivity index (χ0n) is 16.1. The maximum absolute atomic E-state index is 12.8. The van der Waals surface area contributed by atoms with Crippen LogP contribution in [0.2, 0.25) is 5.02 Å². The maximum Gasteiger partial charge on any atom is 0.324 e. The summed E-state index contributed by atoms with van der Waals surface area (Å²) >= 11 is 6.07. The molecule has 1 heterocycles. The Balaban J connectivity index is 1.73. The van der Waals surface area contributed by atoms with E-state index < -0.39 is 22.0 Å². The number of carbonyl (C=O) groups excluding carboxylic acids is 1. The monoisotopic (exact) mass is 439 g/mol. The van der Waals surface area contributed by atoms with Crippen LogP contribution < -0.4 is 14.2 Å². The molecule has 0 aliphatic carbocycles. The Labute approximate surface area is 175 Å². The quantitative estimate of drug-likeness (QED) is 0.666. The fourth-order valence-corrected chi connectivity index (χ4v) is 4.27. The summed E-state index contributed by atoms with van der Waals surface area (Å²) in [6.07, 6.45) is 0. The summed E-state index contributed by atoms with van der Waals surface area (Å²) in [5.41, 5.74) is 0.639. The predicted octanol–water partition coefficient (Wildman–Crippen LogP) is 3.16. The van der Waals surface area contributed by atoms with Crippen molar-refractivity contribution in [2.24, 2.45) is 5.92 Å². The van der Waals surface area contributed by atoms with Gasteiger partial charge < -0.3 is 14.2 Å². The molecule has 1 aliphatic rings. The second kappa shape index (κ2) is 9.02. The van der Waals surface area contributed by atoms with E-state index in [1.807, 2.05) is 0 Å². The number of esters is 1. The van der Waals surface area contributed by atoms with Gasteiger partial charge in [0.15, 0.2) is 11.5 Å². The van der Waals surface area contributed by atoms with Gasteiger partial charge in [0.1, 0.15) is 25.9 Å². The lowest BCUT2D eigenvalue weighted by atomic mass is 10.1. The molecule has 0 unspecified atom stereocenters. The van der Waals surface area contributed by atoms with Gasteiger partial charge in [0.05, 0.1) is 4.90 Å². The molecule has 0 radical (unpaired) electrons. The van der Waals surface area contributed by atoms with Gasteiger partial charge in [-0.1, -0.05) is 43.6 Å². The standard InChI is InChI=1S/C20H22ClNO6S/c1-13(2)19(20(23)28-12-14-5-3-4-6-16(14)21)22-29(24,25)15-7-8-17-18(11-15)27-10-9-26-17/h3-8,11,13,19,22H,9-10,12H2,1-2H3/t19-/m0/s1. The van der Waals surface area contributed by atoms with Crippen molar-refractivity contribution in [2.75, 3.05) is 13.2 Å². The summed E-state index contributed by atoms with van der Waals surface area (Å²) in [4.78, 5) is 12.6. The molecule has 156 valence electrons. The first-order chi connectivity index (χ1) is 13.8. The molecule has 3 rings (SSSR count). The zero-order valence-corrected chi connectivity index (χ0v) is 17.6. The van der Waals surface area contributed by atoms with Crippen LogP contribution in [0.1, 0.15) is 19.4 Å². The molecule has 0 fully saturated rings. The van der Waals surface area contributed by atoms with Crippen LogP contribution in [0.5, 0.6) is 11.5 Å². The Morgan fingerprint density at radius 3 is 2.52 bits per heavy atom. The van der Waals surface area contributed by atoms with Crippen molar-refractivity contribution in [1.29, 1.82) is 0 Å². The minimum atomic E-state index is -3.99. The minimum absolute atomic E-state index is 0.0219. The van der Waals surface area contributed by atoms with Gasteiger partial charge in [-0.05, 0) is 24.1 Å².